The quantitative estimate of drug-likeness (QED) is 0.520. The number of nitrogens with two attached hydrogens (primary N) is 1. The summed E-state index contributed by atoms with van der Waals surface area (Å²) in [5.74, 6) is 0.602. The minimum Gasteiger partial charge on any atom is -0.440 e. The zero-order chi connectivity index (χ0) is 17.6. The van der Waals surface area contributed by atoms with Gasteiger partial charge in [-0.25, -0.2) is 0 Å². The van der Waals surface area contributed by atoms with Crippen molar-refractivity contribution < 1.29 is 4.74 Å². The van der Waals surface area contributed by atoms with Crippen molar-refractivity contribution in [3.63, 3.8) is 0 Å². The highest BCUT2D eigenvalue weighted by Crippen LogP contribution is 2.45. The second-order valence-electron chi connectivity index (χ2n) is 5.82. The van der Waals surface area contributed by atoms with Gasteiger partial charge < -0.3 is 10.5 Å². The molecular formula is C20H12Br2N2O. The number of benzene rings is 3. The molecule has 1 aliphatic heterocycles. The predicted octanol–water partition coefficient (Wildman–Crippen LogP) is 5.58. The van der Waals surface area contributed by atoms with Crippen LogP contribution in [-0.4, -0.2) is 0 Å². The number of ether oxygens (including phenoxy) is 1. The van der Waals surface area contributed by atoms with Crippen LogP contribution in [0.4, 0.5) is 0 Å². The Morgan fingerprint density at radius 3 is 2.40 bits per heavy atom. The molecule has 122 valence electrons. The van der Waals surface area contributed by atoms with Gasteiger partial charge in [0.1, 0.15) is 17.4 Å². The lowest BCUT2D eigenvalue weighted by Gasteiger charge is -2.28. The van der Waals surface area contributed by atoms with E-state index in [4.69, 9.17) is 10.5 Å². The first kappa shape index (κ1) is 16.2. The van der Waals surface area contributed by atoms with E-state index in [2.05, 4.69) is 44.0 Å². The molecule has 4 rings (SSSR count). The van der Waals surface area contributed by atoms with E-state index in [1.165, 1.54) is 0 Å². The lowest BCUT2D eigenvalue weighted by atomic mass is 9.81. The maximum Gasteiger partial charge on any atom is 0.205 e. The van der Waals surface area contributed by atoms with Gasteiger partial charge in [0.2, 0.25) is 5.88 Å². The summed E-state index contributed by atoms with van der Waals surface area (Å²) in [4.78, 5) is 0. The molecule has 5 heteroatoms. The summed E-state index contributed by atoms with van der Waals surface area (Å²) in [6.07, 6.45) is 0. The van der Waals surface area contributed by atoms with Crippen molar-refractivity contribution in [3.05, 3.63) is 86.1 Å². The van der Waals surface area contributed by atoms with Crippen molar-refractivity contribution >= 4 is 42.6 Å². The molecule has 0 saturated heterocycles. The van der Waals surface area contributed by atoms with Crippen LogP contribution < -0.4 is 10.5 Å². The molecule has 1 atom stereocenters. The van der Waals surface area contributed by atoms with Crippen molar-refractivity contribution in [2.45, 2.75) is 5.92 Å². The Morgan fingerprint density at radius 1 is 0.960 bits per heavy atom. The monoisotopic (exact) mass is 454 g/mol. The smallest absolute Gasteiger partial charge is 0.205 e. The third kappa shape index (κ3) is 2.72. The van der Waals surface area contributed by atoms with Gasteiger partial charge in [0.05, 0.1) is 5.92 Å². The fraction of sp³-hybridized carbons (Fsp3) is 0.0500. The molecule has 0 radical (unpaired) electrons. The second-order valence-corrected chi connectivity index (χ2v) is 7.65. The van der Waals surface area contributed by atoms with E-state index in [1.54, 1.807) is 0 Å². The van der Waals surface area contributed by atoms with Crippen LogP contribution in [0.25, 0.3) is 10.8 Å². The highest BCUT2D eigenvalue weighted by atomic mass is 79.9. The molecule has 25 heavy (non-hydrogen) atoms. The summed E-state index contributed by atoms with van der Waals surface area (Å²) >= 11 is 6.97. The average Bonchev–Trinajstić information content (AvgIpc) is 2.61. The largest absolute Gasteiger partial charge is 0.440 e. The van der Waals surface area contributed by atoms with Gasteiger partial charge >= 0.3 is 0 Å². The summed E-state index contributed by atoms with van der Waals surface area (Å²) in [6, 6.07) is 20.2. The van der Waals surface area contributed by atoms with Crippen LogP contribution in [0.2, 0.25) is 0 Å². The number of halogens is 2. The molecular weight excluding hydrogens is 444 g/mol. The first-order valence-corrected chi connectivity index (χ1v) is 9.22. The number of nitrogens with zero attached hydrogens (tertiary/aromatic N) is 1. The van der Waals surface area contributed by atoms with Crippen molar-refractivity contribution in [2.24, 2.45) is 5.73 Å². The van der Waals surface area contributed by atoms with Crippen LogP contribution in [0.1, 0.15) is 17.0 Å². The van der Waals surface area contributed by atoms with Gasteiger partial charge in [0.25, 0.3) is 0 Å². The van der Waals surface area contributed by atoms with Crippen LogP contribution in [0, 0.1) is 11.3 Å². The molecule has 0 amide bonds. The second kappa shape index (κ2) is 6.21. The highest BCUT2D eigenvalue weighted by molar-refractivity contribution is 9.10. The lowest BCUT2D eigenvalue weighted by Crippen LogP contribution is -2.21. The van der Waals surface area contributed by atoms with Crippen LogP contribution in [0.15, 0.2) is 75.0 Å². The highest BCUT2D eigenvalue weighted by Gasteiger charge is 2.32. The topological polar surface area (TPSA) is 59.0 Å². The first-order chi connectivity index (χ1) is 12.1. The average molecular weight is 456 g/mol. The van der Waals surface area contributed by atoms with E-state index >= 15 is 0 Å². The number of rotatable bonds is 1. The van der Waals surface area contributed by atoms with Crippen LogP contribution in [-0.2, 0) is 0 Å². The van der Waals surface area contributed by atoms with Gasteiger partial charge in [-0.1, -0.05) is 56.1 Å². The minimum absolute atomic E-state index is 0.166. The molecule has 2 N–H and O–H groups in total. The van der Waals surface area contributed by atoms with Crippen LogP contribution in [0.3, 0.4) is 0 Å². The molecule has 1 aliphatic rings. The van der Waals surface area contributed by atoms with E-state index in [1.807, 2.05) is 48.5 Å². The molecule has 0 bridgehead atoms. The molecule has 3 aromatic rings. The number of hydrogen-bond donors (Lipinski definition) is 1. The van der Waals surface area contributed by atoms with E-state index in [0.29, 0.717) is 11.3 Å². The molecule has 0 aromatic heterocycles. The first-order valence-electron chi connectivity index (χ1n) is 7.63. The zero-order valence-corrected chi connectivity index (χ0v) is 16.1. The fourth-order valence-corrected chi connectivity index (χ4v) is 3.90. The van der Waals surface area contributed by atoms with E-state index in [0.717, 1.165) is 30.8 Å². The fourth-order valence-electron chi connectivity index (χ4n) is 3.26. The molecule has 3 aromatic carbocycles. The Bertz CT molecular complexity index is 1070. The van der Waals surface area contributed by atoms with Gasteiger partial charge in [-0.3, -0.25) is 0 Å². The third-order valence-electron chi connectivity index (χ3n) is 4.37. The van der Waals surface area contributed by atoms with E-state index in [9.17, 15) is 5.26 Å². The normalized spacial score (nSPS) is 16.3. The number of nitriles is 1. The Morgan fingerprint density at radius 2 is 1.68 bits per heavy atom. The minimum atomic E-state index is -0.258. The summed E-state index contributed by atoms with van der Waals surface area (Å²) in [5.41, 5.74) is 8.46. The summed E-state index contributed by atoms with van der Waals surface area (Å²) < 4.78 is 7.76. The van der Waals surface area contributed by atoms with E-state index in [-0.39, 0.29) is 11.8 Å². The number of hydrogen-bond acceptors (Lipinski definition) is 3. The maximum atomic E-state index is 9.70. The summed E-state index contributed by atoms with van der Waals surface area (Å²) in [5, 5.41) is 11.8. The van der Waals surface area contributed by atoms with Gasteiger partial charge in [0.15, 0.2) is 0 Å². The predicted molar refractivity (Wildman–Crippen MR) is 105 cm³/mol. The van der Waals surface area contributed by atoms with Crippen LogP contribution in [0.5, 0.6) is 5.75 Å². The summed E-state index contributed by atoms with van der Waals surface area (Å²) in [7, 11) is 0. The standard InChI is InChI=1S/C20H12Br2N2O/c21-13-4-1-11(2-5-13)18-16(10-23)20(24)25-17-8-3-12-9-14(22)6-7-15(12)19(17)18/h1-9,18H,24H2. The molecule has 0 saturated carbocycles. The summed E-state index contributed by atoms with van der Waals surface area (Å²) in [6.45, 7) is 0. The Balaban J connectivity index is 2.05. The molecule has 0 fully saturated rings. The lowest BCUT2D eigenvalue weighted by molar-refractivity contribution is 0.395. The van der Waals surface area contributed by atoms with Crippen molar-refractivity contribution in [2.75, 3.05) is 0 Å². The van der Waals surface area contributed by atoms with Gasteiger partial charge in [-0.2, -0.15) is 5.26 Å². The van der Waals surface area contributed by atoms with E-state index < -0.39 is 0 Å². The van der Waals surface area contributed by atoms with Gasteiger partial charge in [-0.15, -0.1) is 0 Å². The Labute approximate surface area is 162 Å². The maximum absolute atomic E-state index is 9.70. The van der Waals surface area contributed by atoms with Gasteiger partial charge in [0, 0.05) is 14.5 Å². The third-order valence-corrected chi connectivity index (χ3v) is 5.39. The molecule has 0 aliphatic carbocycles. The number of allylic oxidation sites excluding steroid dienone is 1. The van der Waals surface area contributed by atoms with Gasteiger partial charge in [-0.05, 0) is 46.7 Å². The Kier molecular flexibility index (Phi) is 4.03. The SMILES string of the molecule is N#CC1=C(N)Oc2ccc3cc(Br)ccc3c2C1c1ccc(Br)cc1. The van der Waals surface area contributed by atoms with Crippen molar-refractivity contribution in [3.8, 4) is 11.8 Å². The molecule has 0 spiro atoms. The Hall–Kier alpha value is -2.29. The zero-order valence-electron chi connectivity index (χ0n) is 13.0. The molecule has 3 nitrogen and oxygen atoms in total. The van der Waals surface area contributed by atoms with Crippen molar-refractivity contribution in [1.82, 2.24) is 0 Å². The number of fused-ring (bicyclic) bond motifs is 3. The van der Waals surface area contributed by atoms with Crippen molar-refractivity contribution in [1.29, 1.82) is 5.26 Å². The molecule has 1 heterocycles. The van der Waals surface area contributed by atoms with Crippen LogP contribution >= 0.6 is 31.9 Å². The molecule has 1 unspecified atom stereocenters.